The second kappa shape index (κ2) is 3.52. The zero-order valence-electron chi connectivity index (χ0n) is 8.63. The molecule has 1 rings (SSSR count). The molecule has 0 aromatic carbocycles. The van der Waals surface area contributed by atoms with Crippen molar-refractivity contribution >= 4 is 5.97 Å². The highest BCUT2D eigenvalue weighted by Gasteiger charge is 2.31. The number of carbonyl (C=O) groups is 1. The Hall–Kier alpha value is -0.790. The van der Waals surface area contributed by atoms with Crippen LogP contribution in [0.1, 0.15) is 40.0 Å². The van der Waals surface area contributed by atoms with Crippen molar-refractivity contribution < 1.29 is 9.90 Å². The average molecular weight is 182 g/mol. The van der Waals surface area contributed by atoms with Gasteiger partial charge in [-0.2, -0.15) is 0 Å². The number of hydrogen-bond donors (Lipinski definition) is 1. The third-order valence-corrected chi connectivity index (χ3v) is 2.60. The lowest BCUT2D eigenvalue weighted by atomic mass is 9.74. The smallest absolute Gasteiger partial charge is 0.310 e. The summed E-state index contributed by atoms with van der Waals surface area (Å²) in [6.45, 7) is 6.25. The van der Waals surface area contributed by atoms with E-state index in [4.69, 9.17) is 5.11 Å². The first kappa shape index (κ1) is 10.3. The lowest BCUT2D eigenvalue weighted by molar-refractivity contribution is -0.141. The number of hydrogen-bond acceptors (Lipinski definition) is 1. The van der Waals surface area contributed by atoms with Crippen LogP contribution in [0.25, 0.3) is 0 Å². The molecule has 0 bridgehead atoms. The molecule has 1 N–H and O–H groups in total. The summed E-state index contributed by atoms with van der Waals surface area (Å²) < 4.78 is 0. The fourth-order valence-corrected chi connectivity index (χ4v) is 1.96. The molecule has 0 aromatic heterocycles. The minimum Gasteiger partial charge on any atom is -0.481 e. The summed E-state index contributed by atoms with van der Waals surface area (Å²) in [5.74, 6) is -0.908. The highest BCUT2D eigenvalue weighted by Crippen LogP contribution is 2.37. The highest BCUT2D eigenvalue weighted by molar-refractivity contribution is 5.74. The summed E-state index contributed by atoms with van der Waals surface area (Å²) >= 11 is 0. The van der Waals surface area contributed by atoms with Crippen LogP contribution in [0.15, 0.2) is 11.6 Å². The van der Waals surface area contributed by atoms with Crippen molar-refractivity contribution in [2.24, 2.45) is 11.3 Å². The van der Waals surface area contributed by atoms with E-state index in [-0.39, 0.29) is 11.3 Å². The normalized spacial score (nSPS) is 23.9. The van der Waals surface area contributed by atoms with Crippen molar-refractivity contribution in [1.29, 1.82) is 0 Å². The molecule has 0 aliphatic heterocycles. The molecule has 2 heteroatoms. The van der Waals surface area contributed by atoms with Gasteiger partial charge in [-0.3, -0.25) is 4.79 Å². The van der Waals surface area contributed by atoms with E-state index >= 15 is 0 Å². The quantitative estimate of drug-likeness (QED) is 0.633. The Morgan fingerprint density at radius 2 is 2.15 bits per heavy atom. The fourth-order valence-electron chi connectivity index (χ4n) is 1.96. The van der Waals surface area contributed by atoms with Crippen LogP contribution in [0.3, 0.4) is 0 Å². The Morgan fingerprint density at radius 1 is 1.54 bits per heavy atom. The van der Waals surface area contributed by atoms with E-state index in [0.717, 1.165) is 24.8 Å². The number of aliphatic carboxylic acids is 1. The topological polar surface area (TPSA) is 37.3 Å². The lowest BCUT2D eigenvalue weighted by Gasteiger charge is -2.31. The van der Waals surface area contributed by atoms with Gasteiger partial charge in [0.15, 0.2) is 0 Å². The standard InChI is InChI=1S/C11H18O2/c1-11(2,3)9-7-5-4-6-8(9)10(12)13/h7-8H,4-6H2,1-3H3,(H,12,13). The van der Waals surface area contributed by atoms with Crippen molar-refractivity contribution in [2.45, 2.75) is 40.0 Å². The summed E-state index contributed by atoms with van der Waals surface area (Å²) in [6.07, 6.45) is 4.97. The van der Waals surface area contributed by atoms with E-state index in [1.165, 1.54) is 0 Å². The van der Waals surface area contributed by atoms with E-state index in [1.807, 2.05) is 0 Å². The van der Waals surface area contributed by atoms with Crippen LogP contribution < -0.4 is 0 Å². The maximum absolute atomic E-state index is 11.0. The molecule has 0 spiro atoms. The molecular formula is C11H18O2. The van der Waals surface area contributed by atoms with Gasteiger partial charge in [0.1, 0.15) is 0 Å². The van der Waals surface area contributed by atoms with Gasteiger partial charge >= 0.3 is 5.97 Å². The van der Waals surface area contributed by atoms with Gasteiger partial charge in [-0.25, -0.2) is 0 Å². The van der Waals surface area contributed by atoms with Gasteiger partial charge in [-0.1, -0.05) is 32.4 Å². The Labute approximate surface area is 79.6 Å². The van der Waals surface area contributed by atoms with Crippen molar-refractivity contribution in [3.05, 3.63) is 11.6 Å². The Morgan fingerprint density at radius 3 is 2.54 bits per heavy atom. The van der Waals surface area contributed by atoms with E-state index in [2.05, 4.69) is 26.8 Å². The summed E-state index contributed by atoms with van der Waals surface area (Å²) in [7, 11) is 0. The second-order valence-electron chi connectivity index (χ2n) is 4.73. The highest BCUT2D eigenvalue weighted by atomic mass is 16.4. The van der Waals surface area contributed by atoms with Gasteiger partial charge in [0.25, 0.3) is 0 Å². The van der Waals surface area contributed by atoms with Gasteiger partial charge in [-0.15, -0.1) is 0 Å². The van der Waals surface area contributed by atoms with E-state index in [0.29, 0.717) is 0 Å². The van der Waals surface area contributed by atoms with Gasteiger partial charge < -0.3 is 5.11 Å². The second-order valence-corrected chi connectivity index (χ2v) is 4.73. The molecule has 13 heavy (non-hydrogen) atoms. The molecule has 0 aromatic rings. The third kappa shape index (κ3) is 2.33. The molecule has 0 heterocycles. The van der Waals surface area contributed by atoms with E-state index in [9.17, 15) is 4.79 Å². The molecule has 0 saturated heterocycles. The molecule has 0 radical (unpaired) electrons. The first-order valence-corrected chi connectivity index (χ1v) is 4.86. The maximum atomic E-state index is 11.0. The molecule has 1 atom stereocenters. The van der Waals surface area contributed by atoms with Crippen molar-refractivity contribution in [1.82, 2.24) is 0 Å². The van der Waals surface area contributed by atoms with Crippen LogP contribution in [-0.2, 0) is 4.79 Å². The molecule has 1 aliphatic carbocycles. The predicted octanol–water partition coefficient (Wildman–Crippen LogP) is 2.84. The number of rotatable bonds is 1. The van der Waals surface area contributed by atoms with Crippen LogP contribution in [0.5, 0.6) is 0 Å². The molecule has 0 amide bonds. The number of carboxylic acids is 1. The zero-order valence-corrected chi connectivity index (χ0v) is 8.63. The molecule has 1 unspecified atom stereocenters. The fraction of sp³-hybridized carbons (Fsp3) is 0.727. The first-order valence-electron chi connectivity index (χ1n) is 4.86. The molecule has 0 saturated carbocycles. The van der Waals surface area contributed by atoms with Gasteiger partial charge in [-0.05, 0) is 24.7 Å². The summed E-state index contributed by atoms with van der Waals surface area (Å²) in [4.78, 5) is 11.0. The zero-order chi connectivity index (χ0) is 10.1. The predicted molar refractivity (Wildman–Crippen MR) is 52.5 cm³/mol. The monoisotopic (exact) mass is 182 g/mol. The summed E-state index contributed by atoms with van der Waals surface area (Å²) in [6, 6.07) is 0. The summed E-state index contributed by atoms with van der Waals surface area (Å²) in [5.41, 5.74) is 1.11. The Balaban J connectivity index is 2.91. The Kier molecular flexibility index (Phi) is 2.79. The number of carboxylic acid groups (broad SMARTS) is 1. The molecular weight excluding hydrogens is 164 g/mol. The summed E-state index contributed by atoms with van der Waals surface area (Å²) in [5, 5.41) is 9.03. The minimum atomic E-state index is -0.666. The van der Waals surface area contributed by atoms with Gasteiger partial charge in [0.05, 0.1) is 5.92 Å². The van der Waals surface area contributed by atoms with Crippen LogP contribution in [-0.4, -0.2) is 11.1 Å². The SMILES string of the molecule is CC(C)(C)C1=CCCCC1C(=O)O. The lowest BCUT2D eigenvalue weighted by Crippen LogP contribution is -2.26. The van der Waals surface area contributed by atoms with Crippen molar-refractivity contribution in [2.75, 3.05) is 0 Å². The van der Waals surface area contributed by atoms with Crippen LogP contribution in [0.2, 0.25) is 0 Å². The van der Waals surface area contributed by atoms with Crippen LogP contribution in [0, 0.1) is 11.3 Å². The Bertz CT molecular complexity index is 233. The van der Waals surface area contributed by atoms with Gasteiger partial charge in [0.2, 0.25) is 0 Å². The third-order valence-electron chi connectivity index (χ3n) is 2.60. The van der Waals surface area contributed by atoms with Gasteiger partial charge in [0, 0.05) is 0 Å². The maximum Gasteiger partial charge on any atom is 0.310 e. The molecule has 2 nitrogen and oxygen atoms in total. The molecule has 0 fully saturated rings. The number of allylic oxidation sites excluding steroid dienone is 1. The van der Waals surface area contributed by atoms with Crippen molar-refractivity contribution in [3.8, 4) is 0 Å². The largest absolute Gasteiger partial charge is 0.481 e. The molecule has 1 aliphatic rings. The minimum absolute atomic E-state index is 0.00345. The average Bonchev–Trinajstić information content (AvgIpc) is 2.03. The molecule has 74 valence electrons. The van der Waals surface area contributed by atoms with E-state index < -0.39 is 5.97 Å². The van der Waals surface area contributed by atoms with E-state index in [1.54, 1.807) is 0 Å². The van der Waals surface area contributed by atoms with Crippen LogP contribution >= 0.6 is 0 Å². The van der Waals surface area contributed by atoms with Crippen LogP contribution in [0.4, 0.5) is 0 Å². The first-order chi connectivity index (χ1) is 5.93. The van der Waals surface area contributed by atoms with Crippen molar-refractivity contribution in [3.63, 3.8) is 0 Å².